The Morgan fingerprint density at radius 1 is 0.946 bits per heavy atom. The van der Waals surface area contributed by atoms with Gasteiger partial charge in [0, 0.05) is 18.1 Å². The highest BCUT2D eigenvalue weighted by molar-refractivity contribution is 7.92. The second-order valence-electron chi connectivity index (χ2n) is 8.81. The molecule has 0 saturated carbocycles. The van der Waals surface area contributed by atoms with E-state index in [0.717, 1.165) is 21.0 Å². The van der Waals surface area contributed by atoms with Crippen molar-refractivity contribution in [2.45, 2.75) is 45.2 Å². The zero-order valence-corrected chi connectivity index (χ0v) is 23.0. The van der Waals surface area contributed by atoms with Crippen LogP contribution in [0.3, 0.4) is 0 Å². The maximum absolute atomic E-state index is 13.8. The number of benzene rings is 3. The van der Waals surface area contributed by atoms with Crippen LogP contribution in [-0.4, -0.2) is 44.3 Å². The number of carbonyl (C=O) groups excluding carboxylic acids is 2. The van der Waals surface area contributed by atoms with Gasteiger partial charge in [0.1, 0.15) is 12.6 Å². The minimum atomic E-state index is -4.08. The van der Waals surface area contributed by atoms with Gasteiger partial charge in [-0.3, -0.25) is 13.9 Å². The Labute approximate surface area is 224 Å². The van der Waals surface area contributed by atoms with Gasteiger partial charge in [0.15, 0.2) is 0 Å². The first-order valence-electron chi connectivity index (χ1n) is 12.0. The van der Waals surface area contributed by atoms with Crippen molar-refractivity contribution >= 4 is 39.1 Å². The molecular formula is C28H32ClN3O4S. The van der Waals surface area contributed by atoms with Crippen LogP contribution in [0.1, 0.15) is 30.5 Å². The van der Waals surface area contributed by atoms with Gasteiger partial charge in [-0.25, -0.2) is 8.42 Å². The predicted molar refractivity (Wildman–Crippen MR) is 147 cm³/mol. The van der Waals surface area contributed by atoms with Crippen LogP contribution < -0.4 is 9.62 Å². The molecule has 0 aliphatic carbocycles. The molecule has 1 atom stereocenters. The largest absolute Gasteiger partial charge is 0.355 e. The molecule has 0 radical (unpaired) electrons. The summed E-state index contributed by atoms with van der Waals surface area (Å²) in [7, 11) is -4.08. The Balaban J connectivity index is 2.03. The molecule has 0 heterocycles. The standard InChI is InChI=1S/C28H32ClN3O4S/c1-5-30-28(34)22(4)31(18-23-12-14-24(29)15-13-23)27(33)19-32(25-16-11-20(2)21(3)17-25)37(35,36)26-9-7-6-8-10-26/h6-17,22H,5,18-19H2,1-4H3,(H,30,34)/t22-/m0/s1. The molecule has 0 spiro atoms. The van der Waals surface area contributed by atoms with Gasteiger partial charge in [-0.1, -0.05) is 48.0 Å². The van der Waals surface area contributed by atoms with Crippen LogP contribution in [-0.2, 0) is 26.2 Å². The van der Waals surface area contributed by atoms with Crippen molar-refractivity contribution in [3.8, 4) is 0 Å². The first-order valence-corrected chi connectivity index (χ1v) is 13.8. The Bertz CT molecular complexity index is 1350. The Morgan fingerprint density at radius 3 is 2.19 bits per heavy atom. The maximum Gasteiger partial charge on any atom is 0.264 e. The van der Waals surface area contributed by atoms with Gasteiger partial charge in [0.05, 0.1) is 10.6 Å². The second-order valence-corrected chi connectivity index (χ2v) is 11.1. The third kappa shape index (κ3) is 6.90. The zero-order chi connectivity index (χ0) is 27.2. The number of carbonyl (C=O) groups is 2. The van der Waals surface area contributed by atoms with E-state index in [9.17, 15) is 18.0 Å². The molecule has 37 heavy (non-hydrogen) atoms. The molecule has 0 saturated heterocycles. The van der Waals surface area contributed by atoms with Crippen LogP contribution in [0.25, 0.3) is 0 Å². The lowest BCUT2D eigenvalue weighted by Gasteiger charge is -2.32. The van der Waals surface area contributed by atoms with E-state index in [4.69, 9.17) is 11.6 Å². The fraction of sp³-hybridized carbons (Fsp3) is 0.286. The number of sulfonamides is 1. The van der Waals surface area contributed by atoms with Crippen molar-refractivity contribution in [3.05, 3.63) is 94.5 Å². The van der Waals surface area contributed by atoms with Crippen molar-refractivity contribution < 1.29 is 18.0 Å². The lowest BCUT2D eigenvalue weighted by molar-refractivity contribution is -0.139. The van der Waals surface area contributed by atoms with Crippen LogP contribution in [0, 0.1) is 13.8 Å². The average Bonchev–Trinajstić information content (AvgIpc) is 2.88. The van der Waals surface area contributed by atoms with Gasteiger partial charge in [-0.2, -0.15) is 0 Å². The van der Waals surface area contributed by atoms with E-state index in [1.165, 1.54) is 17.0 Å². The fourth-order valence-corrected chi connectivity index (χ4v) is 5.37. The van der Waals surface area contributed by atoms with Crippen molar-refractivity contribution in [1.82, 2.24) is 10.2 Å². The van der Waals surface area contributed by atoms with Crippen molar-refractivity contribution in [1.29, 1.82) is 0 Å². The van der Waals surface area contributed by atoms with Gasteiger partial charge in [-0.05, 0) is 80.8 Å². The summed E-state index contributed by atoms with van der Waals surface area (Å²) in [4.78, 5) is 28.0. The van der Waals surface area contributed by atoms with E-state index in [1.54, 1.807) is 68.4 Å². The Morgan fingerprint density at radius 2 is 1.59 bits per heavy atom. The van der Waals surface area contributed by atoms with Gasteiger partial charge < -0.3 is 10.2 Å². The van der Waals surface area contributed by atoms with Gasteiger partial charge in [-0.15, -0.1) is 0 Å². The summed E-state index contributed by atoms with van der Waals surface area (Å²) in [5.41, 5.74) is 3.03. The van der Waals surface area contributed by atoms with Crippen LogP contribution in [0.15, 0.2) is 77.7 Å². The lowest BCUT2D eigenvalue weighted by Crippen LogP contribution is -2.51. The van der Waals surface area contributed by atoms with E-state index < -0.39 is 28.5 Å². The number of aryl methyl sites for hydroxylation is 2. The third-order valence-electron chi connectivity index (χ3n) is 6.17. The molecule has 9 heteroatoms. The van der Waals surface area contributed by atoms with Gasteiger partial charge >= 0.3 is 0 Å². The minimum absolute atomic E-state index is 0.0713. The third-order valence-corrected chi connectivity index (χ3v) is 8.21. The molecule has 0 unspecified atom stereocenters. The highest BCUT2D eigenvalue weighted by atomic mass is 35.5. The van der Waals surface area contributed by atoms with Crippen molar-refractivity contribution in [2.24, 2.45) is 0 Å². The maximum atomic E-state index is 13.8. The molecule has 2 amide bonds. The van der Waals surface area contributed by atoms with Gasteiger partial charge in [0.2, 0.25) is 11.8 Å². The first-order chi connectivity index (χ1) is 17.5. The molecule has 196 valence electrons. The molecule has 0 aliphatic rings. The monoisotopic (exact) mass is 541 g/mol. The summed E-state index contributed by atoms with van der Waals surface area (Å²) < 4.78 is 28.6. The summed E-state index contributed by atoms with van der Waals surface area (Å²) in [6.07, 6.45) is 0. The Kier molecular flexibility index (Phi) is 9.34. The average molecular weight is 542 g/mol. The number of likely N-dealkylation sites (N-methyl/N-ethyl adjacent to an activating group) is 1. The second kappa shape index (κ2) is 12.3. The van der Waals surface area contributed by atoms with Crippen LogP contribution in [0.4, 0.5) is 5.69 Å². The van der Waals surface area contributed by atoms with Crippen LogP contribution in [0.2, 0.25) is 5.02 Å². The molecule has 7 nitrogen and oxygen atoms in total. The van der Waals surface area contributed by atoms with E-state index >= 15 is 0 Å². The number of amides is 2. The van der Waals surface area contributed by atoms with Crippen LogP contribution in [0.5, 0.6) is 0 Å². The zero-order valence-electron chi connectivity index (χ0n) is 21.4. The van der Waals surface area contributed by atoms with Crippen molar-refractivity contribution in [3.63, 3.8) is 0 Å². The topological polar surface area (TPSA) is 86.8 Å². The van der Waals surface area contributed by atoms with Gasteiger partial charge in [0.25, 0.3) is 10.0 Å². The highest BCUT2D eigenvalue weighted by Crippen LogP contribution is 2.26. The Hall–Kier alpha value is -3.36. The number of hydrogen-bond donors (Lipinski definition) is 1. The van der Waals surface area contributed by atoms with E-state index in [1.807, 2.05) is 19.9 Å². The number of rotatable bonds is 10. The number of halogens is 1. The normalized spacial score (nSPS) is 12.0. The van der Waals surface area contributed by atoms with E-state index in [0.29, 0.717) is 17.3 Å². The molecule has 0 fully saturated rings. The minimum Gasteiger partial charge on any atom is -0.355 e. The number of nitrogens with one attached hydrogen (secondary N) is 1. The fourth-order valence-electron chi connectivity index (χ4n) is 3.82. The molecule has 1 N–H and O–H groups in total. The molecule has 3 rings (SSSR count). The molecule has 0 aromatic heterocycles. The summed E-state index contributed by atoms with van der Waals surface area (Å²) in [5, 5.41) is 3.29. The number of hydrogen-bond acceptors (Lipinski definition) is 4. The molecular weight excluding hydrogens is 510 g/mol. The SMILES string of the molecule is CCNC(=O)[C@H](C)N(Cc1ccc(Cl)cc1)C(=O)CN(c1ccc(C)c(C)c1)S(=O)(=O)c1ccccc1. The first kappa shape index (κ1) is 28.2. The van der Waals surface area contributed by atoms with Crippen LogP contribution >= 0.6 is 11.6 Å². The quantitative estimate of drug-likeness (QED) is 0.403. The molecule has 0 bridgehead atoms. The molecule has 3 aromatic rings. The number of anilines is 1. The van der Waals surface area contributed by atoms with E-state index in [-0.39, 0.29) is 17.3 Å². The highest BCUT2D eigenvalue weighted by Gasteiger charge is 2.32. The predicted octanol–water partition coefficient (Wildman–Crippen LogP) is 4.71. The van der Waals surface area contributed by atoms with E-state index in [2.05, 4.69) is 5.32 Å². The summed E-state index contributed by atoms with van der Waals surface area (Å²) in [6.45, 7) is 7.29. The number of nitrogens with zero attached hydrogens (tertiary/aromatic N) is 2. The lowest BCUT2D eigenvalue weighted by atomic mass is 10.1. The summed E-state index contributed by atoms with van der Waals surface area (Å²) in [5.74, 6) is -0.833. The van der Waals surface area contributed by atoms with Crippen molar-refractivity contribution in [2.75, 3.05) is 17.4 Å². The summed E-state index contributed by atoms with van der Waals surface area (Å²) >= 11 is 6.02. The molecule has 0 aliphatic heterocycles. The summed E-state index contributed by atoms with van der Waals surface area (Å²) in [6, 6.07) is 19.4. The molecule has 3 aromatic carbocycles. The smallest absolute Gasteiger partial charge is 0.264 e.